The highest BCUT2D eigenvalue weighted by Crippen LogP contribution is 2.19. The summed E-state index contributed by atoms with van der Waals surface area (Å²) in [7, 11) is 1.62. The number of hydrogen-bond acceptors (Lipinski definition) is 4. The predicted octanol–water partition coefficient (Wildman–Crippen LogP) is 1.71. The lowest BCUT2D eigenvalue weighted by molar-refractivity contribution is -0.141. The fourth-order valence-electron chi connectivity index (χ4n) is 2.48. The number of hydrogen-bond donors (Lipinski definition) is 1. The highest BCUT2D eigenvalue weighted by atomic mass is 16.5. The molecule has 1 N–H and O–H groups in total. The standard InChI is InChI=1S/C16H22N2O3/c1-4-11(2)18-15(19)9-14(16(18)20)17-10-12-6-5-7-13(8-12)21-3/h5-8,11,14,17H,4,9-10H2,1-3H3. The van der Waals surface area contributed by atoms with Crippen LogP contribution in [0.4, 0.5) is 0 Å². The fourth-order valence-corrected chi connectivity index (χ4v) is 2.48. The molecule has 2 unspecified atom stereocenters. The van der Waals surface area contributed by atoms with Crippen molar-refractivity contribution in [3.05, 3.63) is 29.8 Å². The van der Waals surface area contributed by atoms with Crippen LogP contribution in [0.1, 0.15) is 32.3 Å². The van der Waals surface area contributed by atoms with Crippen LogP contribution in [-0.2, 0) is 16.1 Å². The lowest BCUT2D eigenvalue weighted by atomic mass is 10.2. The first-order valence-electron chi connectivity index (χ1n) is 7.29. The Labute approximate surface area is 125 Å². The van der Waals surface area contributed by atoms with E-state index in [-0.39, 0.29) is 24.3 Å². The molecule has 0 aromatic heterocycles. The molecule has 114 valence electrons. The number of rotatable bonds is 6. The maximum atomic E-state index is 12.3. The Bertz CT molecular complexity index is 530. The third-order valence-electron chi connectivity index (χ3n) is 3.90. The number of amides is 2. The minimum absolute atomic E-state index is 0.0337. The minimum atomic E-state index is -0.419. The normalized spacial score (nSPS) is 20.0. The topological polar surface area (TPSA) is 58.6 Å². The third-order valence-corrected chi connectivity index (χ3v) is 3.90. The minimum Gasteiger partial charge on any atom is -0.497 e. The Balaban J connectivity index is 1.98. The highest BCUT2D eigenvalue weighted by molar-refractivity contribution is 6.05. The number of benzene rings is 1. The number of nitrogens with zero attached hydrogens (tertiary/aromatic N) is 1. The summed E-state index contributed by atoms with van der Waals surface area (Å²) < 4.78 is 5.17. The third kappa shape index (κ3) is 3.42. The van der Waals surface area contributed by atoms with E-state index in [1.165, 1.54) is 4.90 Å². The van der Waals surface area contributed by atoms with Gasteiger partial charge in [0.25, 0.3) is 0 Å². The van der Waals surface area contributed by atoms with Crippen LogP contribution >= 0.6 is 0 Å². The van der Waals surface area contributed by atoms with Gasteiger partial charge in [-0.3, -0.25) is 14.5 Å². The number of likely N-dealkylation sites (tertiary alicyclic amines) is 1. The van der Waals surface area contributed by atoms with Crippen molar-refractivity contribution in [2.24, 2.45) is 0 Å². The summed E-state index contributed by atoms with van der Waals surface area (Å²) in [5.74, 6) is 0.582. The molecule has 0 saturated carbocycles. The summed E-state index contributed by atoms with van der Waals surface area (Å²) in [6.45, 7) is 4.41. The van der Waals surface area contributed by atoms with Crippen molar-refractivity contribution in [3.63, 3.8) is 0 Å². The lowest BCUT2D eigenvalue weighted by Crippen LogP contribution is -2.42. The van der Waals surface area contributed by atoms with Crippen molar-refractivity contribution in [3.8, 4) is 5.75 Å². The Morgan fingerprint density at radius 1 is 1.43 bits per heavy atom. The van der Waals surface area contributed by atoms with E-state index in [9.17, 15) is 9.59 Å². The summed E-state index contributed by atoms with van der Waals surface area (Å²) in [5, 5.41) is 3.17. The van der Waals surface area contributed by atoms with Crippen molar-refractivity contribution in [2.45, 2.75) is 45.3 Å². The molecule has 1 fully saturated rings. The van der Waals surface area contributed by atoms with E-state index in [4.69, 9.17) is 4.74 Å². The molecule has 5 heteroatoms. The van der Waals surface area contributed by atoms with Gasteiger partial charge in [0.2, 0.25) is 11.8 Å². The second-order valence-corrected chi connectivity index (χ2v) is 5.35. The van der Waals surface area contributed by atoms with Crippen molar-refractivity contribution >= 4 is 11.8 Å². The van der Waals surface area contributed by atoms with E-state index in [2.05, 4.69) is 5.32 Å². The molecule has 2 amide bonds. The van der Waals surface area contributed by atoms with Gasteiger partial charge in [0, 0.05) is 12.6 Å². The molecule has 0 aliphatic carbocycles. The molecule has 2 atom stereocenters. The van der Waals surface area contributed by atoms with E-state index in [0.717, 1.165) is 17.7 Å². The molecule has 1 saturated heterocycles. The zero-order chi connectivity index (χ0) is 15.4. The van der Waals surface area contributed by atoms with E-state index >= 15 is 0 Å². The molecule has 1 aromatic carbocycles. The molecule has 0 radical (unpaired) electrons. The number of methoxy groups -OCH3 is 1. The van der Waals surface area contributed by atoms with E-state index in [1.54, 1.807) is 7.11 Å². The fraction of sp³-hybridized carbons (Fsp3) is 0.500. The molecule has 1 heterocycles. The zero-order valence-electron chi connectivity index (χ0n) is 12.8. The van der Waals surface area contributed by atoms with Crippen LogP contribution < -0.4 is 10.1 Å². The smallest absolute Gasteiger partial charge is 0.247 e. The predicted molar refractivity (Wildman–Crippen MR) is 79.8 cm³/mol. The van der Waals surface area contributed by atoms with E-state index in [0.29, 0.717) is 6.54 Å². The Morgan fingerprint density at radius 3 is 2.86 bits per heavy atom. The molecule has 0 bridgehead atoms. The quantitative estimate of drug-likeness (QED) is 0.810. The van der Waals surface area contributed by atoms with Crippen LogP contribution in [0.25, 0.3) is 0 Å². The highest BCUT2D eigenvalue weighted by Gasteiger charge is 2.40. The van der Waals surface area contributed by atoms with Crippen LogP contribution in [0.15, 0.2) is 24.3 Å². The maximum Gasteiger partial charge on any atom is 0.247 e. The van der Waals surface area contributed by atoms with Crippen LogP contribution in [0, 0.1) is 0 Å². The molecule has 2 rings (SSSR count). The van der Waals surface area contributed by atoms with Crippen LogP contribution in [0.2, 0.25) is 0 Å². The molecule has 0 spiro atoms. The first-order chi connectivity index (χ1) is 10.1. The molecule has 21 heavy (non-hydrogen) atoms. The lowest BCUT2D eigenvalue weighted by Gasteiger charge is -2.21. The van der Waals surface area contributed by atoms with Gasteiger partial charge in [-0.25, -0.2) is 0 Å². The number of imide groups is 1. The van der Waals surface area contributed by atoms with Crippen molar-refractivity contribution < 1.29 is 14.3 Å². The van der Waals surface area contributed by atoms with Gasteiger partial charge in [-0.2, -0.15) is 0 Å². The number of ether oxygens (including phenoxy) is 1. The Kier molecular flexibility index (Phi) is 4.96. The molecule has 1 aromatic rings. The summed E-state index contributed by atoms with van der Waals surface area (Å²) in [6, 6.07) is 7.21. The largest absolute Gasteiger partial charge is 0.497 e. The summed E-state index contributed by atoms with van der Waals surface area (Å²) in [6.07, 6.45) is 1.02. The molecule has 1 aliphatic heterocycles. The van der Waals surface area contributed by atoms with Crippen LogP contribution in [0.5, 0.6) is 5.75 Å². The molecular weight excluding hydrogens is 268 g/mol. The van der Waals surface area contributed by atoms with Gasteiger partial charge in [0.1, 0.15) is 5.75 Å². The SMILES string of the molecule is CCC(C)N1C(=O)CC(NCc2cccc(OC)c2)C1=O. The van der Waals surface area contributed by atoms with Gasteiger partial charge < -0.3 is 10.1 Å². The second-order valence-electron chi connectivity index (χ2n) is 5.35. The number of carbonyl (C=O) groups excluding carboxylic acids is 2. The Morgan fingerprint density at radius 2 is 2.19 bits per heavy atom. The van der Waals surface area contributed by atoms with Crippen LogP contribution in [-0.4, -0.2) is 35.9 Å². The monoisotopic (exact) mass is 290 g/mol. The maximum absolute atomic E-state index is 12.3. The molecule has 1 aliphatic rings. The first kappa shape index (κ1) is 15.5. The first-order valence-corrected chi connectivity index (χ1v) is 7.29. The van der Waals surface area contributed by atoms with E-state index < -0.39 is 6.04 Å². The zero-order valence-corrected chi connectivity index (χ0v) is 12.8. The van der Waals surface area contributed by atoms with Crippen LogP contribution in [0.3, 0.4) is 0 Å². The second kappa shape index (κ2) is 6.72. The van der Waals surface area contributed by atoms with Gasteiger partial charge in [-0.1, -0.05) is 19.1 Å². The molecule has 5 nitrogen and oxygen atoms in total. The van der Waals surface area contributed by atoms with Crippen molar-refractivity contribution in [2.75, 3.05) is 7.11 Å². The van der Waals surface area contributed by atoms with Crippen molar-refractivity contribution in [1.82, 2.24) is 10.2 Å². The van der Waals surface area contributed by atoms with Gasteiger partial charge in [-0.15, -0.1) is 0 Å². The summed E-state index contributed by atoms with van der Waals surface area (Å²) in [5.41, 5.74) is 1.02. The van der Waals surface area contributed by atoms with Gasteiger partial charge in [-0.05, 0) is 31.0 Å². The van der Waals surface area contributed by atoms with Gasteiger partial charge in [0.05, 0.1) is 19.6 Å². The summed E-state index contributed by atoms with van der Waals surface area (Å²) in [4.78, 5) is 25.6. The molecular formula is C16H22N2O3. The average molecular weight is 290 g/mol. The van der Waals surface area contributed by atoms with Gasteiger partial charge >= 0.3 is 0 Å². The average Bonchev–Trinajstić information content (AvgIpc) is 2.79. The number of carbonyl (C=O) groups is 2. The van der Waals surface area contributed by atoms with Crippen molar-refractivity contribution in [1.29, 1.82) is 0 Å². The summed E-state index contributed by atoms with van der Waals surface area (Å²) >= 11 is 0. The number of nitrogens with one attached hydrogen (secondary N) is 1. The van der Waals surface area contributed by atoms with E-state index in [1.807, 2.05) is 38.1 Å². The Hall–Kier alpha value is -1.88. The van der Waals surface area contributed by atoms with Gasteiger partial charge in [0.15, 0.2) is 0 Å².